The largest absolute Gasteiger partial charge is 0.381 e. The molecule has 2 rings (SSSR count). The minimum Gasteiger partial charge on any atom is -0.381 e. The molecule has 3 heteroatoms. The number of rotatable bonds is 5. The maximum absolute atomic E-state index is 5.40. The molecule has 1 aliphatic carbocycles. The predicted molar refractivity (Wildman–Crippen MR) is 66.7 cm³/mol. The Labute approximate surface area is 99.3 Å². The lowest BCUT2D eigenvalue weighted by Gasteiger charge is -2.34. The van der Waals surface area contributed by atoms with Crippen LogP contribution in [0.1, 0.15) is 45.4 Å². The summed E-state index contributed by atoms with van der Waals surface area (Å²) in [5, 5.41) is 7.32. The molecule has 2 aliphatic rings. The summed E-state index contributed by atoms with van der Waals surface area (Å²) in [6, 6.07) is 0.796. The summed E-state index contributed by atoms with van der Waals surface area (Å²) in [6.07, 6.45) is 7.89. The summed E-state index contributed by atoms with van der Waals surface area (Å²) < 4.78 is 5.40. The Morgan fingerprint density at radius 2 is 1.81 bits per heavy atom. The van der Waals surface area contributed by atoms with Crippen LogP contribution in [0.5, 0.6) is 0 Å². The molecule has 3 nitrogen and oxygen atoms in total. The Kier molecular flexibility index (Phi) is 4.62. The van der Waals surface area contributed by atoms with Crippen molar-refractivity contribution in [2.45, 2.75) is 57.0 Å². The van der Waals surface area contributed by atoms with Gasteiger partial charge in [0.25, 0.3) is 0 Å². The van der Waals surface area contributed by atoms with Crippen LogP contribution in [0.2, 0.25) is 0 Å². The molecular formula is C13H26N2O. The SMILES string of the molecule is CC1(NCCNC2CCCC2)CCOCC1. The van der Waals surface area contributed by atoms with E-state index in [9.17, 15) is 0 Å². The minimum atomic E-state index is 0.315. The average Bonchev–Trinajstić information content (AvgIpc) is 2.78. The zero-order valence-corrected chi connectivity index (χ0v) is 10.6. The van der Waals surface area contributed by atoms with E-state index in [1.807, 2.05) is 0 Å². The van der Waals surface area contributed by atoms with Crippen molar-refractivity contribution < 1.29 is 4.74 Å². The first-order valence-electron chi connectivity index (χ1n) is 6.85. The van der Waals surface area contributed by atoms with Crippen molar-refractivity contribution in [3.63, 3.8) is 0 Å². The lowest BCUT2D eigenvalue weighted by molar-refractivity contribution is 0.0455. The average molecular weight is 226 g/mol. The fourth-order valence-electron chi connectivity index (χ4n) is 2.77. The molecule has 1 aliphatic heterocycles. The van der Waals surface area contributed by atoms with Crippen molar-refractivity contribution in [1.29, 1.82) is 0 Å². The van der Waals surface area contributed by atoms with Gasteiger partial charge in [0.15, 0.2) is 0 Å². The first kappa shape index (κ1) is 12.3. The van der Waals surface area contributed by atoms with Crippen molar-refractivity contribution in [3.05, 3.63) is 0 Å². The van der Waals surface area contributed by atoms with Crippen LogP contribution in [0, 0.1) is 0 Å². The van der Waals surface area contributed by atoms with Gasteiger partial charge in [-0.05, 0) is 32.6 Å². The van der Waals surface area contributed by atoms with E-state index in [1.54, 1.807) is 0 Å². The normalized spacial score (nSPS) is 26.1. The maximum atomic E-state index is 5.40. The third-order valence-corrected chi connectivity index (χ3v) is 4.06. The molecule has 2 N–H and O–H groups in total. The van der Waals surface area contributed by atoms with Crippen LogP contribution in [0.15, 0.2) is 0 Å². The van der Waals surface area contributed by atoms with Gasteiger partial charge < -0.3 is 15.4 Å². The topological polar surface area (TPSA) is 33.3 Å². The van der Waals surface area contributed by atoms with Crippen molar-refractivity contribution >= 4 is 0 Å². The van der Waals surface area contributed by atoms with E-state index in [1.165, 1.54) is 25.7 Å². The summed E-state index contributed by atoms with van der Waals surface area (Å²) in [7, 11) is 0. The number of nitrogens with one attached hydrogen (secondary N) is 2. The summed E-state index contributed by atoms with van der Waals surface area (Å²) in [6.45, 7) is 6.36. The Balaban J connectivity index is 1.56. The van der Waals surface area contributed by atoms with Crippen molar-refractivity contribution in [1.82, 2.24) is 10.6 Å². The highest BCUT2D eigenvalue weighted by Gasteiger charge is 2.26. The summed E-state index contributed by atoms with van der Waals surface area (Å²) in [5.41, 5.74) is 0.315. The first-order valence-corrected chi connectivity index (χ1v) is 6.85. The second-order valence-electron chi connectivity index (χ2n) is 5.54. The first-order chi connectivity index (χ1) is 7.79. The molecule has 0 spiro atoms. The fraction of sp³-hybridized carbons (Fsp3) is 1.00. The van der Waals surface area contributed by atoms with Crippen molar-refractivity contribution in [3.8, 4) is 0 Å². The zero-order valence-electron chi connectivity index (χ0n) is 10.6. The fourth-order valence-corrected chi connectivity index (χ4v) is 2.77. The van der Waals surface area contributed by atoms with Crippen LogP contribution in [0.3, 0.4) is 0 Å². The molecule has 0 aromatic carbocycles. The van der Waals surface area contributed by atoms with Crippen LogP contribution < -0.4 is 10.6 Å². The summed E-state index contributed by atoms with van der Waals surface area (Å²) in [5.74, 6) is 0. The van der Waals surface area contributed by atoms with Gasteiger partial charge in [-0.3, -0.25) is 0 Å². The van der Waals surface area contributed by atoms with E-state index in [4.69, 9.17) is 4.74 Å². The van der Waals surface area contributed by atoms with Crippen LogP contribution >= 0.6 is 0 Å². The minimum absolute atomic E-state index is 0.315. The molecular weight excluding hydrogens is 200 g/mol. The third-order valence-electron chi connectivity index (χ3n) is 4.06. The summed E-state index contributed by atoms with van der Waals surface area (Å²) in [4.78, 5) is 0. The molecule has 1 heterocycles. The zero-order chi connectivity index (χ0) is 11.3. The van der Waals surface area contributed by atoms with Gasteiger partial charge in [-0.2, -0.15) is 0 Å². The quantitative estimate of drug-likeness (QED) is 0.700. The van der Waals surface area contributed by atoms with Crippen molar-refractivity contribution in [2.75, 3.05) is 26.3 Å². The van der Waals surface area contributed by atoms with Gasteiger partial charge >= 0.3 is 0 Å². The van der Waals surface area contributed by atoms with Gasteiger partial charge in [0, 0.05) is 37.9 Å². The predicted octanol–water partition coefficient (Wildman–Crippen LogP) is 1.68. The molecule has 2 fully saturated rings. The van der Waals surface area contributed by atoms with E-state index in [-0.39, 0.29) is 0 Å². The Morgan fingerprint density at radius 3 is 2.50 bits per heavy atom. The van der Waals surface area contributed by atoms with Gasteiger partial charge in [-0.15, -0.1) is 0 Å². The standard InChI is InChI=1S/C13H26N2O/c1-13(6-10-16-11-7-13)15-9-8-14-12-4-2-3-5-12/h12,14-15H,2-11H2,1H3. The maximum Gasteiger partial charge on any atom is 0.0483 e. The molecule has 1 saturated heterocycles. The molecule has 0 aromatic rings. The van der Waals surface area contributed by atoms with Crippen LogP contribution in [-0.4, -0.2) is 37.9 Å². The molecule has 0 radical (unpaired) electrons. The van der Waals surface area contributed by atoms with E-state index in [2.05, 4.69) is 17.6 Å². The van der Waals surface area contributed by atoms with E-state index in [0.29, 0.717) is 5.54 Å². The van der Waals surface area contributed by atoms with Gasteiger partial charge in [-0.25, -0.2) is 0 Å². The Bertz CT molecular complexity index is 196. The molecule has 0 aromatic heterocycles. The molecule has 0 amide bonds. The van der Waals surface area contributed by atoms with Gasteiger partial charge in [-0.1, -0.05) is 12.8 Å². The van der Waals surface area contributed by atoms with Gasteiger partial charge in [0.1, 0.15) is 0 Å². The molecule has 0 unspecified atom stereocenters. The van der Waals surface area contributed by atoms with E-state index >= 15 is 0 Å². The second-order valence-corrected chi connectivity index (χ2v) is 5.54. The van der Waals surface area contributed by atoms with Crippen LogP contribution in [-0.2, 0) is 4.74 Å². The van der Waals surface area contributed by atoms with Gasteiger partial charge in [0.2, 0.25) is 0 Å². The molecule has 1 saturated carbocycles. The van der Waals surface area contributed by atoms with Gasteiger partial charge in [0.05, 0.1) is 0 Å². The third kappa shape index (κ3) is 3.72. The highest BCUT2D eigenvalue weighted by atomic mass is 16.5. The Hall–Kier alpha value is -0.120. The van der Waals surface area contributed by atoms with E-state index < -0.39 is 0 Å². The highest BCUT2D eigenvalue weighted by molar-refractivity contribution is 4.85. The highest BCUT2D eigenvalue weighted by Crippen LogP contribution is 2.19. The second kappa shape index (κ2) is 5.99. The lowest BCUT2D eigenvalue weighted by Crippen LogP contribution is -2.49. The van der Waals surface area contributed by atoms with E-state index in [0.717, 1.165) is 45.2 Å². The molecule has 94 valence electrons. The monoisotopic (exact) mass is 226 g/mol. The van der Waals surface area contributed by atoms with Crippen LogP contribution in [0.25, 0.3) is 0 Å². The molecule has 0 atom stereocenters. The van der Waals surface area contributed by atoms with Crippen molar-refractivity contribution in [2.24, 2.45) is 0 Å². The molecule has 0 bridgehead atoms. The van der Waals surface area contributed by atoms with Crippen LogP contribution in [0.4, 0.5) is 0 Å². The summed E-state index contributed by atoms with van der Waals surface area (Å²) >= 11 is 0. The lowest BCUT2D eigenvalue weighted by atomic mass is 9.92. The smallest absolute Gasteiger partial charge is 0.0483 e. The number of ether oxygens (including phenoxy) is 1. The number of hydrogen-bond acceptors (Lipinski definition) is 3. The molecule has 16 heavy (non-hydrogen) atoms. The Morgan fingerprint density at radius 1 is 1.12 bits per heavy atom. The number of hydrogen-bond donors (Lipinski definition) is 2.